The largest absolute Gasteiger partial charge is 0.472 e. The van der Waals surface area contributed by atoms with Gasteiger partial charge in [-0.1, -0.05) is 344 Å². The van der Waals surface area contributed by atoms with E-state index in [4.69, 9.17) is 37.0 Å². The fourth-order valence-electron chi connectivity index (χ4n) is 11.7. The summed E-state index contributed by atoms with van der Waals surface area (Å²) in [6.07, 6.45) is 54.3. The van der Waals surface area contributed by atoms with Gasteiger partial charge in [-0.3, -0.25) is 37.3 Å². The summed E-state index contributed by atoms with van der Waals surface area (Å²) in [5.41, 5.74) is 0. The van der Waals surface area contributed by atoms with E-state index in [9.17, 15) is 43.2 Å². The monoisotopic (exact) mass is 1410 g/mol. The van der Waals surface area contributed by atoms with Crippen LogP contribution in [0.4, 0.5) is 0 Å². The topological polar surface area (TPSA) is 237 Å². The third-order valence-corrected chi connectivity index (χ3v) is 20.5. The van der Waals surface area contributed by atoms with E-state index in [0.717, 1.165) is 108 Å². The highest BCUT2D eigenvalue weighted by Gasteiger charge is 2.30. The van der Waals surface area contributed by atoms with Crippen LogP contribution < -0.4 is 0 Å². The highest BCUT2D eigenvalue weighted by Crippen LogP contribution is 2.45. The molecule has 0 aromatic carbocycles. The lowest BCUT2D eigenvalue weighted by Crippen LogP contribution is -2.30. The molecule has 0 aliphatic rings. The third-order valence-electron chi connectivity index (χ3n) is 18.6. The van der Waals surface area contributed by atoms with Crippen molar-refractivity contribution in [3.63, 3.8) is 0 Å². The van der Waals surface area contributed by atoms with Crippen LogP contribution in [0.2, 0.25) is 0 Å². The van der Waals surface area contributed by atoms with Crippen LogP contribution in [0.15, 0.2) is 0 Å². The summed E-state index contributed by atoms with van der Waals surface area (Å²) in [6, 6.07) is 0. The molecule has 0 saturated carbocycles. The van der Waals surface area contributed by atoms with Crippen molar-refractivity contribution in [1.82, 2.24) is 0 Å². The normalized spacial score (nSPS) is 14.6. The number of phosphoric ester groups is 2. The summed E-state index contributed by atoms with van der Waals surface area (Å²) >= 11 is 0. The summed E-state index contributed by atoms with van der Waals surface area (Å²) in [5, 5.41) is 10.6. The molecule has 7 atom stereocenters. The van der Waals surface area contributed by atoms with Gasteiger partial charge >= 0.3 is 39.5 Å². The fourth-order valence-corrected chi connectivity index (χ4v) is 13.3. The highest BCUT2D eigenvalue weighted by molar-refractivity contribution is 7.47. The Morgan fingerprint density at radius 2 is 0.531 bits per heavy atom. The Hall–Kier alpha value is -1.94. The van der Waals surface area contributed by atoms with Crippen LogP contribution in [0.25, 0.3) is 0 Å². The lowest BCUT2D eigenvalue weighted by Gasteiger charge is -2.21. The molecule has 570 valence electrons. The molecule has 4 unspecified atom stereocenters. The van der Waals surface area contributed by atoms with Crippen molar-refractivity contribution in [3.8, 4) is 0 Å². The van der Waals surface area contributed by atoms with Crippen LogP contribution >= 0.6 is 15.6 Å². The van der Waals surface area contributed by atoms with Crippen molar-refractivity contribution in [3.05, 3.63) is 0 Å². The Bertz CT molecular complexity index is 1870. The van der Waals surface area contributed by atoms with Crippen molar-refractivity contribution in [2.24, 2.45) is 17.8 Å². The number of hydrogen-bond donors (Lipinski definition) is 3. The number of aliphatic hydroxyl groups excluding tert-OH is 1. The van der Waals surface area contributed by atoms with E-state index in [1.165, 1.54) is 199 Å². The Morgan fingerprint density at radius 3 is 0.792 bits per heavy atom. The second-order valence-electron chi connectivity index (χ2n) is 28.7. The van der Waals surface area contributed by atoms with Gasteiger partial charge in [-0.25, -0.2) is 9.13 Å². The van der Waals surface area contributed by atoms with Crippen LogP contribution in [0, 0.1) is 17.8 Å². The lowest BCUT2D eigenvalue weighted by molar-refractivity contribution is -0.161. The quantitative estimate of drug-likeness (QED) is 0.0222. The maximum Gasteiger partial charge on any atom is 0.472 e. The standard InChI is InChI=1S/C77H150O17P2/c1-8-11-12-13-14-15-16-23-27-30-36-44-51-58-74(79)87-64-72(93-76(81)60-53-46-37-31-28-25-22-20-18-17-19-21-24-26-29-34-42-49-56-69(6)9-2)66-91-95(83,84)89-62-71(78)63-90-96(85,86)92-67-73(65-88-75(80)59-52-45-40-39-41-48-55-68(4)5)94-77(82)61-54-47-38-33-32-35-43-50-57-70(7)10-3/h68-73,78H,8-67H2,1-7H3,(H,83,84)(H,85,86)/t69?,70?,71-,72-,73-/m1/s1. The molecule has 0 radical (unpaired) electrons. The van der Waals surface area contributed by atoms with Crippen LogP contribution in [0.5, 0.6) is 0 Å². The summed E-state index contributed by atoms with van der Waals surface area (Å²) in [5.74, 6) is 0.200. The summed E-state index contributed by atoms with van der Waals surface area (Å²) in [6.45, 7) is 11.9. The predicted octanol–water partition coefficient (Wildman–Crippen LogP) is 22.6. The van der Waals surface area contributed by atoms with Gasteiger partial charge in [-0.2, -0.15) is 0 Å². The second-order valence-corrected chi connectivity index (χ2v) is 31.6. The zero-order chi connectivity index (χ0) is 70.9. The molecule has 0 rings (SSSR count). The number of carbonyl (C=O) groups excluding carboxylic acids is 4. The molecule has 0 spiro atoms. The summed E-state index contributed by atoms with van der Waals surface area (Å²) < 4.78 is 68.5. The predicted molar refractivity (Wildman–Crippen MR) is 391 cm³/mol. The molecule has 3 N–H and O–H groups in total. The zero-order valence-electron chi connectivity index (χ0n) is 62.8. The average molecular weight is 1410 g/mol. The van der Waals surface area contributed by atoms with Gasteiger partial charge in [0.15, 0.2) is 12.2 Å². The van der Waals surface area contributed by atoms with Crippen molar-refractivity contribution in [1.29, 1.82) is 0 Å². The minimum atomic E-state index is -4.96. The lowest BCUT2D eigenvalue weighted by atomic mass is 9.99. The number of phosphoric acid groups is 2. The molecule has 0 saturated heterocycles. The molecule has 0 aliphatic heterocycles. The molecule has 19 heteroatoms. The van der Waals surface area contributed by atoms with E-state index in [2.05, 4.69) is 48.5 Å². The van der Waals surface area contributed by atoms with Gasteiger partial charge < -0.3 is 33.8 Å². The average Bonchev–Trinajstić information content (AvgIpc) is 1.52. The first kappa shape index (κ1) is 94.1. The van der Waals surface area contributed by atoms with Crippen LogP contribution in [-0.2, 0) is 65.4 Å². The van der Waals surface area contributed by atoms with Crippen molar-refractivity contribution < 1.29 is 80.2 Å². The SMILES string of the molecule is CCCCCCCCCCCCCCCC(=O)OC[C@H](COP(=O)(O)OC[C@@H](O)COP(=O)(O)OC[C@@H](COC(=O)CCCCCCCCC(C)C)OC(=O)CCCCCCCCCCC(C)CC)OC(=O)CCCCCCCCCCCCCCCCCCCCC(C)CC. The fraction of sp³-hybridized carbons (Fsp3) is 0.948. The van der Waals surface area contributed by atoms with Gasteiger partial charge in [-0.15, -0.1) is 0 Å². The molecule has 0 aliphatic carbocycles. The molecule has 0 amide bonds. The minimum Gasteiger partial charge on any atom is -0.462 e. The van der Waals surface area contributed by atoms with Gasteiger partial charge in [0.2, 0.25) is 0 Å². The van der Waals surface area contributed by atoms with Gasteiger partial charge in [0.1, 0.15) is 19.3 Å². The maximum absolute atomic E-state index is 13.1. The molecule has 0 bridgehead atoms. The Labute approximate surface area is 588 Å². The van der Waals surface area contributed by atoms with E-state index >= 15 is 0 Å². The third kappa shape index (κ3) is 67.9. The van der Waals surface area contributed by atoms with Gasteiger partial charge in [0, 0.05) is 25.7 Å². The van der Waals surface area contributed by atoms with E-state index in [1.54, 1.807) is 0 Å². The van der Waals surface area contributed by atoms with E-state index in [0.29, 0.717) is 31.6 Å². The maximum atomic E-state index is 13.1. The van der Waals surface area contributed by atoms with Gasteiger partial charge in [0.25, 0.3) is 0 Å². The number of hydrogen-bond acceptors (Lipinski definition) is 15. The number of rotatable bonds is 75. The van der Waals surface area contributed by atoms with E-state index in [1.807, 2.05) is 0 Å². The van der Waals surface area contributed by atoms with Crippen LogP contribution in [0.3, 0.4) is 0 Å². The first-order valence-corrected chi connectivity index (χ1v) is 42.9. The molecular weight excluding hydrogens is 1260 g/mol. The molecule has 0 heterocycles. The first-order valence-electron chi connectivity index (χ1n) is 39.9. The second kappa shape index (κ2) is 67.5. The number of unbranched alkanes of at least 4 members (excludes halogenated alkanes) is 41. The molecular formula is C77H150O17P2. The minimum absolute atomic E-state index is 0.104. The first-order chi connectivity index (χ1) is 46.3. The van der Waals surface area contributed by atoms with E-state index in [-0.39, 0.29) is 25.7 Å². The van der Waals surface area contributed by atoms with Gasteiger partial charge in [0.05, 0.1) is 26.4 Å². The van der Waals surface area contributed by atoms with Gasteiger partial charge in [-0.05, 0) is 43.4 Å². The van der Waals surface area contributed by atoms with Crippen LogP contribution in [0.1, 0.15) is 395 Å². The zero-order valence-corrected chi connectivity index (χ0v) is 64.6. The highest BCUT2D eigenvalue weighted by atomic mass is 31.2. The Kier molecular flexibility index (Phi) is 66.2. The molecule has 0 fully saturated rings. The number of esters is 4. The smallest absolute Gasteiger partial charge is 0.462 e. The van der Waals surface area contributed by atoms with Crippen molar-refractivity contribution >= 4 is 39.5 Å². The van der Waals surface area contributed by atoms with E-state index < -0.39 is 97.5 Å². The molecule has 96 heavy (non-hydrogen) atoms. The van der Waals surface area contributed by atoms with Crippen LogP contribution in [-0.4, -0.2) is 96.7 Å². The number of carbonyl (C=O) groups is 4. The molecule has 17 nitrogen and oxygen atoms in total. The Morgan fingerprint density at radius 1 is 0.302 bits per heavy atom. The number of ether oxygens (including phenoxy) is 4. The van der Waals surface area contributed by atoms with Crippen molar-refractivity contribution in [2.45, 2.75) is 414 Å². The summed E-state index contributed by atoms with van der Waals surface area (Å²) in [7, 11) is -9.91. The number of aliphatic hydroxyl groups is 1. The van der Waals surface area contributed by atoms with Crippen molar-refractivity contribution in [2.75, 3.05) is 39.6 Å². The Balaban J connectivity index is 5.19. The summed E-state index contributed by atoms with van der Waals surface area (Å²) in [4.78, 5) is 72.8. The molecule has 0 aromatic rings. The molecule has 0 aromatic heterocycles.